The van der Waals surface area contributed by atoms with Gasteiger partial charge in [0, 0.05) is 30.1 Å². The van der Waals surface area contributed by atoms with Crippen molar-refractivity contribution >= 4 is 23.3 Å². The number of amidine groups is 1. The maximum atomic E-state index is 12.8. The Morgan fingerprint density at radius 3 is 2.71 bits per heavy atom. The average Bonchev–Trinajstić information content (AvgIpc) is 2.98. The third-order valence-electron chi connectivity index (χ3n) is 3.54. The standard InChI is InChI=1S/C13H16F3N3OS/c1-19(9-4-5-21-7-9)11-3-2-8(13(14,15)16)6-10(11)12(17)18-20/h2-3,6,9,20H,4-5,7H2,1H3,(H2,17,18). The van der Waals surface area contributed by atoms with Gasteiger partial charge in [0.1, 0.15) is 0 Å². The maximum absolute atomic E-state index is 12.8. The van der Waals surface area contributed by atoms with Gasteiger partial charge in [-0.1, -0.05) is 5.16 Å². The van der Waals surface area contributed by atoms with E-state index in [2.05, 4.69) is 5.16 Å². The van der Waals surface area contributed by atoms with Gasteiger partial charge in [-0.05, 0) is 30.4 Å². The number of anilines is 1. The lowest BCUT2D eigenvalue weighted by Crippen LogP contribution is -2.33. The Bertz CT molecular complexity index is 542. The Labute approximate surface area is 124 Å². The summed E-state index contributed by atoms with van der Waals surface area (Å²) in [6.45, 7) is 0. The molecular weight excluding hydrogens is 303 g/mol. The average molecular weight is 319 g/mol. The number of nitrogens with two attached hydrogens (primary N) is 1. The number of rotatable bonds is 3. The molecule has 116 valence electrons. The lowest BCUT2D eigenvalue weighted by atomic mass is 10.0. The number of oxime groups is 1. The SMILES string of the molecule is CN(c1ccc(C(F)(F)F)cc1/C(N)=N/O)C1CCSC1. The molecule has 1 aliphatic rings. The Balaban J connectivity index is 2.44. The van der Waals surface area contributed by atoms with E-state index in [4.69, 9.17) is 10.9 Å². The first-order valence-electron chi connectivity index (χ1n) is 6.34. The Morgan fingerprint density at radius 1 is 1.48 bits per heavy atom. The molecule has 21 heavy (non-hydrogen) atoms. The van der Waals surface area contributed by atoms with Gasteiger partial charge in [-0.25, -0.2) is 0 Å². The van der Waals surface area contributed by atoms with Crippen LogP contribution < -0.4 is 10.6 Å². The van der Waals surface area contributed by atoms with Crippen LogP contribution in [0.4, 0.5) is 18.9 Å². The minimum absolute atomic E-state index is 0.0896. The molecule has 1 heterocycles. The summed E-state index contributed by atoms with van der Waals surface area (Å²) in [5.74, 6) is 1.61. The molecule has 0 bridgehead atoms. The predicted molar refractivity (Wildman–Crippen MR) is 78.1 cm³/mol. The summed E-state index contributed by atoms with van der Waals surface area (Å²) in [6.07, 6.45) is -3.51. The lowest BCUT2D eigenvalue weighted by molar-refractivity contribution is -0.137. The van der Waals surface area contributed by atoms with Crippen LogP contribution in [0.25, 0.3) is 0 Å². The molecule has 0 saturated carbocycles. The van der Waals surface area contributed by atoms with E-state index < -0.39 is 11.7 Å². The van der Waals surface area contributed by atoms with E-state index in [1.54, 1.807) is 11.8 Å². The molecule has 0 spiro atoms. The summed E-state index contributed by atoms with van der Waals surface area (Å²) < 4.78 is 38.4. The number of alkyl halides is 3. The van der Waals surface area contributed by atoms with Crippen LogP contribution in [0, 0.1) is 0 Å². The van der Waals surface area contributed by atoms with Crippen LogP contribution in [0.3, 0.4) is 0 Å². The second-order valence-electron chi connectivity index (χ2n) is 4.84. The normalized spacial score (nSPS) is 19.8. The molecule has 1 aromatic rings. The van der Waals surface area contributed by atoms with Gasteiger partial charge in [-0.15, -0.1) is 0 Å². The van der Waals surface area contributed by atoms with Crippen molar-refractivity contribution in [1.82, 2.24) is 0 Å². The van der Waals surface area contributed by atoms with Gasteiger partial charge in [-0.3, -0.25) is 0 Å². The number of benzene rings is 1. The predicted octanol–water partition coefficient (Wildman–Crippen LogP) is 2.74. The summed E-state index contributed by atoms with van der Waals surface area (Å²) in [5.41, 5.74) is 5.35. The van der Waals surface area contributed by atoms with E-state index in [9.17, 15) is 13.2 Å². The summed E-state index contributed by atoms with van der Waals surface area (Å²) in [6, 6.07) is 3.54. The van der Waals surface area contributed by atoms with Gasteiger partial charge in [0.15, 0.2) is 5.84 Å². The molecule has 1 saturated heterocycles. The molecule has 4 nitrogen and oxygen atoms in total. The van der Waals surface area contributed by atoms with Crippen molar-refractivity contribution in [3.8, 4) is 0 Å². The van der Waals surface area contributed by atoms with Gasteiger partial charge in [0.25, 0.3) is 0 Å². The fourth-order valence-electron chi connectivity index (χ4n) is 2.30. The number of halogens is 3. The van der Waals surface area contributed by atoms with E-state index in [0.717, 1.165) is 30.1 Å². The first-order valence-corrected chi connectivity index (χ1v) is 7.49. The second-order valence-corrected chi connectivity index (χ2v) is 5.99. The number of nitrogens with zero attached hydrogens (tertiary/aromatic N) is 2. The zero-order valence-electron chi connectivity index (χ0n) is 11.4. The highest BCUT2D eigenvalue weighted by Crippen LogP contribution is 2.34. The molecule has 1 atom stereocenters. The van der Waals surface area contributed by atoms with Crippen LogP contribution in [0.5, 0.6) is 0 Å². The van der Waals surface area contributed by atoms with Crippen molar-refractivity contribution in [2.75, 3.05) is 23.5 Å². The summed E-state index contributed by atoms with van der Waals surface area (Å²) in [7, 11) is 1.81. The first kappa shape index (κ1) is 15.8. The van der Waals surface area contributed by atoms with Crippen LogP contribution in [-0.4, -0.2) is 35.6 Å². The molecule has 0 amide bonds. The third kappa shape index (κ3) is 3.37. The highest BCUT2D eigenvalue weighted by molar-refractivity contribution is 7.99. The van der Waals surface area contributed by atoms with E-state index in [0.29, 0.717) is 5.69 Å². The Kier molecular flexibility index (Phi) is 4.55. The smallest absolute Gasteiger partial charge is 0.409 e. The molecule has 1 fully saturated rings. The zero-order valence-corrected chi connectivity index (χ0v) is 12.2. The molecule has 0 radical (unpaired) electrons. The largest absolute Gasteiger partial charge is 0.416 e. The topological polar surface area (TPSA) is 61.8 Å². The van der Waals surface area contributed by atoms with Gasteiger partial charge in [0.05, 0.1) is 5.56 Å². The molecule has 1 aromatic carbocycles. The van der Waals surface area contributed by atoms with Crippen molar-refractivity contribution in [1.29, 1.82) is 0 Å². The molecule has 8 heteroatoms. The van der Waals surface area contributed by atoms with Crippen LogP contribution >= 0.6 is 11.8 Å². The molecule has 0 aliphatic carbocycles. The molecule has 0 aromatic heterocycles. The maximum Gasteiger partial charge on any atom is 0.416 e. The van der Waals surface area contributed by atoms with Crippen LogP contribution in [0.1, 0.15) is 17.5 Å². The van der Waals surface area contributed by atoms with Crippen molar-refractivity contribution < 1.29 is 18.4 Å². The minimum Gasteiger partial charge on any atom is -0.409 e. The summed E-state index contributed by atoms with van der Waals surface area (Å²) in [4.78, 5) is 1.90. The van der Waals surface area contributed by atoms with E-state index in [1.807, 2.05) is 11.9 Å². The van der Waals surface area contributed by atoms with Gasteiger partial charge in [-0.2, -0.15) is 24.9 Å². The fraction of sp³-hybridized carbons (Fsp3) is 0.462. The highest BCUT2D eigenvalue weighted by atomic mass is 32.2. The van der Waals surface area contributed by atoms with Gasteiger partial charge >= 0.3 is 6.18 Å². The summed E-state index contributed by atoms with van der Waals surface area (Å²) in [5, 5.41) is 11.7. The zero-order chi connectivity index (χ0) is 15.6. The van der Waals surface area contributed by atoms with Crippen LogP contribution in [0.2, 0.25) is 0 Å². The van der Waals surface area contributed by atoms with E-state index >= 15 is 0 Å². The third-order valence-corrected chi connectivity index (χ3v) is 4.69. The molecular formula is C13H16F3N3OS. The van der Waals surface area contributed by atoms with Crippen molar-refractivity contribution in [2.24, 2.45) is 10.9 Å². The number of hydrogen-bond donors (Lipinski definition) is 2. The Morgan fingerprint density at radius 2 is 2.19 bits per heavy atom. The number of thioether (sulfide) groups is 1. The van der Waals surface area contributed by atoms with Crippen molar-refractivity contribution in [3.63, 3.8) is 0 Å². The van der Waals surface area contributed by atoms with Crippen molar-refractivity contribution in [2.45, 2.75) is 18.6 Å². The van der Waals surface area contributed by atoms with Crippen LogP contribution in [0.15, 0.2) is 23.4 Å². The van der Waals surface area contributed by atoms with Crippen molar-refractivity contribution in [3.05, 3.63) is 29.3 Å². The van der Waals surface area contributed by atoms with Crippen LogP contribution in [-0.2, 0) is 6.18 Å². The molecule has 1 unspecified atom stereocenters. The van der Waals surface area contributed by atoms with E-state index in [-0.39, 0.29) is 17.4 Å². The minimum atomic E-state index is -4.47. The van der Waals surface area contributed by atoms with Gasteiger partial charge < -0.3 is 15.8 Å². The Hall–Kier alpha value is -1.57. The molecule has 1 aliphatic heterocycles. The second kappa shape index (κ2) is 6.05. The van der Waals surface area contributed by atoms with E-state index in [1.165, 1.54) is 6.07 Å². The quantitative estimate of drug-likeness (QED) is 0.389. The molecule has 2 rings (SSSR count). The lowest BCUT2D eigenvalue weighted by Gasteiger charge is -2.28. The first-order chi connectivity index (χ1) is 9.84. The van der Waals surface area contributed by atoms with Gasteiger partial charge in [0.2, 0.25) is 0 Å². The highest BCUT2D eigenvalue weighted by Gasteiger charge is 2.32. The summed E-state index contributed by atoms with van der Waals surface area (Å²) >= 11 is 1.80. The molecule has 3 N–H and O–H groups in total. The fourth-order valence-corrected chi connectivity index (χ4v) is 3.57. The monoisotopic (exact) mass is 319 g/mol. The number of hydrogen-bond acceptors (Lipinski definition) is 4.